The fraction of sp³-hybridized carbons (Fsp3) is 0.675. The number of nitrogens with zero attached hydrogens (tertiary/aromatic N) is 4. The van der Waals surface area contributed by atoms with E-state index in [1.54, 1.807) is 0 Å². The highest BCUT2D eigenvalue weighted by Crippen LogP contribution is 2.40. The highest BCUT2D eigenvalue weighted by atomic mass is 28.3. The van der Waals surface area contributed by atoms with E-state index < -0.39 is 20.2 Å². The molecule has 13 heteroatoms. The molecule has 2 aliphatic carbocycles. The lowest BCUT2D eigenvalue weighted by atomic mass is 9.74. The quantitative estimate of drug-likeness (QED) is 0.137. The predicted octanol–water partition coefficient (Wildman–Crippen LogP) is 5.24. The van der Waals surface area contributed by atoms with E-state index in [0.29, 0.717) is 12.5 Å². The van der Waals surface area contributed by atoms with Gasteiger partial charge in [-0.25, -0.2) is 9.78 Å². The third kappa shape index (κ3) is 8.51. The Hall–Kier alpha value is -3.71. The summed E-state index contributed by atoms with van der Waals surface area (Å²) >= 11 is 0. The second kappa shape index (κ2) is 16.3. The van der Waals surface area contributed by atoms with Crippen molar-refractivity contribution in [1.29, 1.82) is 0 Å². The van der Waals surface area contributed by atoms with E-state index in [1.165, 1.54) is 7.11 Å². The zero-order valence-electron chi connectivity index (χ0n) is 32.5. The second-order valence-corrected chi connectivity index (χ2v) is 22.2. The average molecular weight is 748 g/mol. The van der Waals surface area contributed by atoms with Gasteiger partial charge in [-0.2, -0.15) is 0 Å². The first-order valence-corrected chi connectivity index (χ1v) is 23.2. The standard InChI is InChI=1S/C40H61N7O5Si/c1-24(2)35(45-40(51)52-5)39(50)47-23-53(6,7)22-33(47)38-42-30-17-11-26(4)29(36(30)44-38)16-10-25(3)27-12-14-28(15-13-27)31-21-41-37(43-31)32-9-8-19-46(32)34(49)18-20-48/h10,12,14,16,21,24,26-30,32-33,35-36,48H,3,8-9,11,13,15,17-20,22-23H2,1-2,4-7H3,(H,41,43)(H,42,44)(H,45,51)/b16-10-/t26?,27-,28+,29-,30?,32+,33+,35+,36-/m1/s1. The molecule has 290 valence electrons. The van der Waals surface area contributed by atoms with E-state index in [2.05, 4.69) is 71.5 Å². The van der Waals surface area contributed by atoms with Crippen LogP contribution < -0.4 is 10.6 Å². The minimum Gasteiger partial charge on any atom is -0.453 e. The number of aliphatic hydroxyl groups excluding tert-OH is 1. The molecule has 0 radical (unpaired) electrons. The van der Waals surface area contributed by atoms with Crippen molar-refractivity contribution in [2.24, 2.45) is 28.7 Å². The summed E-state index contributed by atoms with van der Waals surface area (Å²) in [5, 5.41) is 15.8. The Bertz CT molecular complexity index is 1620. The highest BCUT2D eigenvalue weighted by molar-refractivity contribution is 6.79. The number of carbonyl (C=O) groups excluding carboxylic acids is 3. The van der Waals surface area contributed by atoms with Crippen LogP contribution in [0.1, 0.15) is 89.2 Å². The number of ether oxygens (including phenoxy) is 1. The maximum atomic E-state index is 14.0. The molecule has 0 bridgehead atoms. The number of imidazole rings is 1. The molecule has 1 aromatic rings. The van der Waals surface area contributed by atoms with Gasteiger partial charge in [-0.15, -0.1) is 0 Å². The Morgan fingerprint density at radius 2 is 1.92 bits per heavy atom. The van der Waals surface area contributed by atoms with Gasteiger partial charge in [0.05, 0.1) is 46.0 Å². The molecule has 2 saturated heterocycles. The van der Waals surface area contributed by atoms with Crippen LogP contribution in [0, 0.1) is 23.7 Å². The van der Waals surface area contributed by atoms with Gasteiger partial charge in [0.25, 0.3) is 0 Å². The maximum absolute atomic E-state index is 14.0. The molecule has 4 heterocycles. The monoisotopic (exact) mass is 747 g/mol. The van der Waals surface area contributed by atoms with E-state index in [4.69, 9.17) is 9.73 Å². The molecule has 6 rings (SSSR count). The summed E-state index contributed by atoms with van der Waals surface area (Å²) in [5.41, 5.74) is 2.19. The number of aromatic amines is 1. The van der Waals surface area contributed by atoms with Gasteiger partial charge in [0.1, 0.15) is 17.7 Å². The molecule has 0 aromatic carbocycles. The first kappa shape index (κ1) is 39.0. The van der Waals surface area contributed by atoms with Crippen LogP contribution in [0.25, 0.3) is 0 Å². The number of nitrogens with one attached hydrogen (secondary N) is 3. The number of amides is 3. The van der Waals surface area contributed by atoms with Gasteiger partial charge in [-0.3, -0.25) is 14.6 Å². The molecule has 3 fully saturated rings. The molecule has 53 heavy (non-hydrogen) atoms. The number of hydrogen-bond donors (Lipinski definition) is 4. The third-order valence-electron chi connectivity index (χ3n) is 12.3. The summed E-state index contributed by atoms with van der Waals surface area (Å²) < 4.78 is 4.85. The number of aromatic nitrogens is 2. The van der Waals surface area contributed by atoms with Crippen molar-refractivity contribution in [3.05, 3.63) is 54.2 Å². The predicted molar refractivity (Wildman–Crippen MR) is 209 cm³/mol. The van der Waals surface area contributed by atoms with Gasteiger partial charge in [-0.1, -0.05) is 64.7 Å². The van der Waals surface area contributed by atoms with Crippen molar-refractivity contribution in [2.75, 3.05) is 26.4 Å². The van der Waals surface area contributed by atoms with Crippen LogP contribution in [-0.4, -0.2) is 107 Å². The molecule has 1 saturated carbocycles. The van der Waals surface area contributed by atoms with Crippen molar-refractivity contribution in [2.45, 2.75) is 121 Å². The maximum Gasteiger partial charge on any atom is 0.407 e. The largest absolute Gasteiger partial charge is 0.453 e. The fourth-order valence-corrected chi connectivity index (χ4v) is 12.2. The van der Waals surface area contributed by atoms with Crippen LogP contribution >= 0.6 is 0 Å². The minimum absolute atomic E-state index is 0.0152. The number of methoxy groups -OCH3 is 1. The lowest BCUT2D eigenvalue weighted by molar-refractivity contribution is -0.134. The van der Waals surface area contributed by atoms with E-state index in [9.17, 15) is 19.5 Å². The van der Waals surface area contributed by atoms with Gasteiger partial charge < -0.3 is 35.3 Å². The number of likely N-dealkylation sites (tertiary alicyclic amines) is 1. The molecule has 0 spiro atoms. The summed E-state index contributed by atoms with van der Waals surface area (Å²) in [6.45, 7) is 16.0. The molecule has 4 N–H and O–H groups in total. The Kier molecular flexibility index (Phi) is 12.0. The lowest BCUT2D eigenvalue weighted by Crippen LogP contribution is -2.55. The van der Waals surface area contributed by atoms with E-state index in [1.807, 2.05) is 29.8 Å². The summed E-state index contributed by atoms with van der Waals surface area (Å²) in [5.74, 6) is 2.86. The van der Waals surface area contributed by atoms with Crippen molar-refractivity contribution in [1.82, 2.24) is 30.4 Å². The molecule has 12 nitrogen and oxygen atoms in total. The molecule has 5 aliphatic rings. The van der Waals surface area contributed by atoms with Gasteiger partial charge in [0.15, 0.2) is 0 Å². The fourth-order valence-electron chi connectivity index (χ4n) is 9.29. The number of aliphatic hydroxyl groups is 1. The molecule has 3 amide bonds. The summed E-state index contributed by atoms with van der Waals surface area (Å²) in [6, 6.07) is 0.466. The number of aliphatic imine (C=N–C) groups is 1. The minimum atomic E-state index is -1.71. The lowest BCUT2D eigenvalue weighted by Gasteiger charge is -2.35. The first-order chi connectivity index (χ1) is 25.3. The average Bonchev–Trinajstić information content (AvgIpc) is 3.95. The number of hydrogen-bond acceptors (Lipinski definition) is 8. The Morgan fingerprint density at radius 1 is 1.13 bits per heavy atom. The number of allylic oxidation sites excluding steroid dienone is 4. The SMILES string of the molecule is C=C(/C=C\[C@@H]1C(C)CCC2NC([C@@H]3C[Si](C)(C)CN3C(=O)[C@@H](NC(=O)OC)C(C)C)=N[C@@H]21)[C@@H]1C=C[C@H](c2cnc([C@@H]3CCCN3C(=O)CCO)[nH]2)CC1. The molecular weight excluding hydrogens is 687 g/mol. The zero-order chi connectivity index (χ0) is 38.0. The third-order valence-corrected chi connectivity index (χ3v) is 15.0. The van der Waals surface area contributed by atoms with Crippen LogP contribution in [0.4, 0.5) is 4.79 Å². The number of carbonyl (C=O) groups is 3. The van der Waals surface area contributed by atoms with Crippen LogP contribution in [0.15, 0.2) is 47.6 Å². The Labute approximate surface area is 316 Å². The van der Waals surface area contributed by atoms with Crippen LogP contribution in [-0.2, 0) is 14.3 Å². The number of fused-ring (bicyclic) bond motifs is 1. The van der Waals surface area contributed by atoms with Crippen molar-refractivity contribution >= 4 is 31.8 Å². The second-order valence-electron chi connectivity index (χ2n) is 17.1. The van der Waals surface area contributed by atoms with E-state index >= 15 is 0 Å². The Balaban J connectivity index is 1.11. The van der Waals surface area contributed by atoms with E-state index in [-0.39, 0.29) is 72.7 Å². The van der Waals surface area contributed by atoms with Gasteiger partial charge >= 0.3 is 6.09 Å². The molecule has 3 aliphatic heterocycles. The van der Waals surface area contributed by atoms with Gasteiger partial charge in [0.2, 0.25) is 11.8 Å². The number of amidine groups is 1. The van der Waals surface area contributed by atoms with Crippen LogP contribution in [0.2, 0.25) is 19.1 Å². The number of alkyl carbamates (subject to hydrolysis) is 1. The molecule has 1 aromatic heterocycles. The van der Waals surface area contributed by atoms with E-state index in [0.717, 1.165) is 73.7 Å². The van der Waals surface area contributed by atoms with Crippen molar-refractivity contribution < 1.29 is 24.2 Å². The van der Waals surface area contributed by atoms with Gasteiger partial charge in [-0.05, 0) is 62.0 Å². The molecule has 9 atom stereocenters. The van der Waals surface area contributed by atoms with Gasteiger partial charge in [0, 0.05) is 48.8 Å². The zero-order valence-corrected chi connectivity index (χ0v) is 33.5. The topological polar surface area (TPSA) is 152 Å². The first-order valence-electron chi connectivity index (χ1n) is 19.8. The summed E-state index contributed by atoms with van der Waals surface area (Å²) in [7, 11) is -0.392. The van der Waals surface area contributed by atoms with Crippen molar-refractivity contribution in [3.63, 3.8) is 0 Å². The smallest absolute Gasteiger partial charge is 0.407 e. The molecular formula is C40H61N7O5Si. The molecule has 2 unspecified atom stereocenters. The summed E-state index contributed by atoms with van der Waals surface area (Å²) in [4.78, 5) is 56.1. The normalized spacial score (nSPS) is 31.4. The van der Waals surface area contributed by atoms with Crippen molar-refractivity contribution in [3.8, 4) is 0 Å². The van der Waals surface area contributed by atoms with Crippen LogP contribution in [0.5, 0.6) is 0 Å². The highest BCUT2D eigenvalue weighted by Gasteiger charge is 2.49. The summed E-state index contributed by atoms with van der Waals surface area (Å²) in [6.07, 6.45) is 17.3. The number of rotatable bonds is 11. The van der Waals surface area contributed by atoms with Crippen LogP contribution in [0.3, 0.4) is 0 Å². The number of H-pyrrole nitrogens is 1. The Morgan fingerprint density at radius 3 is 2.62 bits per heavy atom.